The number of sulfonamides is 1. The molecule has 9 nitrogen and oxygen atoms in total. The Kier molecular flexibility index (Phi) is 5.93. The molecule has 2 aliphatic rings. The molecule has 36 heavy (non-hydrogen) atoms. The highest BCUT2D eigenvalue weighted by molar-refractivity contribution is 7.92. The van der Waals surface area contributed by atoms with Gasteiger partial charge < -0.3 is 9.64 Å². The minimum Gasteiger partial charge on any atom is -0.425 e. The fraction of sp³-hybridized carbons (Fsp3) is 0.160. The highest BCUT2D eigenvalue weighted by atomic mass is 35.5. The van der Waals surface area contributed by atoms with Crippen LogP contribution in [0.4, 0.5) is 21.9 Å². The Morgan fingerprint density at radius 1 is 1.03 bits per heavy atom. The number of para-hydroxylation sites is 2. The van der Waals surface area contributed by atoms with Crippen molar-refractivity contribution in [1.29, 1.82) is 0 Å². The standard InChI is InChI=1S/C25H20ClN3O6S/c1-15-10-11-17(36(33,34)27-19-8-4-3-7-18(19)26)14-21(15)29-24(31)22(35-25(29)32)23(30)28-13-12-16-6-2-5-9-20(16)28/h2-11,14,22,27H,12-13H2,1H3. The zero-order valence-electron chi connectivity index (χ0n) is 19.0. The molecule has 1 N–H and O–H groups in total. The molecule has 0 radical (unpaired) electrons. The number of nitrogens with one attached hydrogen (secondary N) is 1. The molecule has 0 spiro atoms. The molecule has 184 valence electrons. The molecule has 2 aliphatic heterocycles. The predicted molar refractivity (Wildman–Crippen MR) is 134 cm³/mol. The van der Waals surface area contributed by atoms with Crippen LogP contribution in [-0.4, -0.2) is 39.0 Å². The molecule has 0 bridgehead atoms. The summed E-state index contributed by atoms with van der Waals surface area (Å²) in [5, 5.41) is 0.205. The van der Waals surface area contributed by atoms with E-state index in [0.717, 1.165) is 5.56 Å². The molecule has 1 fully saturated rings. The summed E-state index contributed by atoms with van der Waals surface area (Å²) in [4.78, 5) is 41.1. The Morgan fingerprint density at radius 3 is 2.53 bits per heavy atom. The largest absolute Gasteiger partial charge is 0.425 e. The second-order valence-electron chi connectivity index (χ2n) is 8.34. The Bertz CT molecular complexity index is 1520. The molecule has 1 saturated heterocycles. The molecule has 3 aromatic rings. The molecule has 3 aromatic carbocycles. The van der Waals surface area contributed by atoms with Crippen molar-refractivity contribution in [3.8, 4) is 0 Å². The van der Waals surface area contributed by atoms with E-state index < -0.39 is 34.0 Å². The van der Waals surface area contributed by atoms with Gasteiger partial charge in [0.2, 0.25) is 0 Å². The molecular formula is C25H20ClN3O6S. The molecule has 11 heteroatoms. The quantitative estimate of drug-likeness (QED) is 0.506. The van der Waals surface area contributed by atoms with Crippen molar-refractivity contribution in [1.82, 2.24) is 0 Å². The van der Waals surface area contributed by atoms with Crippen LogP contribution in [0.3, 0.4) is 0 Å². The Balaban J connectivity index is 1.43. The van der Waals surface area contributed by atoms with Gasteiger partial charge in [0.1, 0.15) is 0 Å². The second kappa shape index (κ2) is 8.96. The number of benzene rings is 3. The first-order valence-electron chi connectivity index (χ1n) is 11.0. The molecule has 1 unspecified atom stereocenters. The summed E-state index contributed by atoms with van der Waals surface area (Å²) in [5.74, 6) is -1.53. The van der Waals surface area contributed by atoms with Crippen LogP contribution in [0.15, 0.2) is 71.6 Å². The smallest absolute Gasteiger partial charge is 0.422 e. The number of halogens is 1. The van der Waals surface area contributed by atoms with Crippen LogP contribution in [0.5, 0.6) is 0 Å². The normalized spacial score (nSPS) is 17.2. The lowest BCUT2D eigenvalue weighted by atomic mass is 10.1. The van der Waals surface area contributed by atoms with Crippen molar-refractivity contribution in [3.05, 3.63) is 82.9 Å². The minimum atomic E-state index is -4.12. The van der Waals surface area contributed by atoms with E-state index >= 15 is 0 Å². The van der Waals surface area contributed by atoms with Gasteiger partial charge in [0, 0.05) is 12.2 Å². The van der Waals surface area contributed by atoms with Crippen molar-refractivity contribution in [2.45, 2.75) is 24.3 Å². The van der Waals surface area contributed by atoms with Gasteiger partial charge in [0.25, 0.3) is 27.9 Å². The van der Waals surface area contributed by atoms with Crippen molar-refractivity contribution in [2.75, 3.05) is 21.1 Å². The Morgan fingerprint density at radius 2 is 1.75 bits per heavy atom. The molecule has 0 saturated carbocycles. The lowest BCUT2D eigenvalue weighted by Crippen LogP contribution is -2.43. The summed E-state index contributed by atoms with van der Waals surface area (Å²) in [6.45, 7) is 1.97. The molecule has 0 aromatic heterocycles. The fourth-order valence-corrected chi connectivity index (χ4v) is 5.58. The van der Waals surface area contributed by atoms with E-state index in [9.17, 15) is 22.8 Å². The van der Waals surface area contributed by atoms with Gasteiger partial charge in [-0.3, -0.25) is 14.3 Å². The van der Waals surface area contributed by atoms with Gasteiger partial charge in [-0.05, 0) is 54.8 Å². The first kappa shape index (κ1) is 23.8. The molecule has 5 rings (SSSR count). The maximum Gasteiger partial charge on any atom is 0.422 e. The van der Waals surface area contributed by atoms with Gasteiger partial charge in [-0.15, -0.1) is 0 Å². The number of cyclic esters (lactones) is 1. The molecule has 2 heterocycles. The van der Waals surface area contributed by atoms with Crippen LogP contribution in [-0.2, 0) is 30.8 Å². The van der Waals surface area contributed by atoms with Crippen LogP contribution in [0, 0.1) is 6.92 Å². The number of aryl methyl sites for hydroxylation is 1. The first-order chi connectivity index (χ1) is 17.2. The maximum atomic E-state index is 13.2. The zero-order valence-corrected chi connectivity index (χ0v) is 20.5. The van der Waals surface area contributed by atoms with E-state index in [-0.39, 0.29) is 21.3 Å². The molecule has 3 amide bonds. The number of hydrogen-bond acceptors (Lipinski definition) is 6. The van der Waals surface area contributed by atoms with Crippen molar-refractivity contribution >= 4 is 56.6 Å². The average Bonchev–Trinajstić information content (AvgIpc) is 3.41. The number of fused-ring (bicyclic) bond motifs is 1. The molecule has 0 aliphatic carbocycles. The molecular weight excluding hydrogens is 506 g/mol. The lowest BCUT2D eigenvalue weighted by Gasteiger charge is -2.19. The van der Waals surface area contributed by atoms with Crippen LogP contribution in [0.1, 0.15) is 11.1 Å². The monoisotopic (exact) mass is 525 g/mol. The van der Waals surface area contributed by atoms with E-state index in [2.05, 4.69) is 4.72 Å². The van der Waals surface area contributed by atoms with Gasteiger partial charge in [0.05, 0.1) is 21.3 Å². The van der Waals surface area contributed by atoms with Crippen LogP contribution < -0.4 is 14.5 Å². The number of nitrogens with zero attached hydrogens (tertiary/aromatic N) is 2. The third-order valence-corrected chi connectivity index (χ3v) is 7.77. The lowest BCUT2D eigenvalue weighted by molar-refractivity contribution is -0.134. The van der Waals surface area contributed by atoms with E-state index in [4.69, 9.17) is 16.3 Å². The fourth-order valence-electron chi connectivity index (χ4n) is 4.24. The van der Waals surface area contributed by atoms with Crippen LogP contribution in [0.25, 0.3) is 0 Å². The third-order valence-electron chi connectivity index (χ3n) is 6.07. The number of carbonyl (C=O) groups excluding carboxylic acids is 3. The Labute approximate surface area is 212 Å². The minimum absolute atomic E-state index is 0.00385. The van der Waals surface area contributed by atoms with Gasteiger partial charge in [-0.2, -0.15) is 0 Å². The zero-order chi connectivity index (χ0) is 25.6. The summed E-state index contributed by atoms with van der Waals surface area (Å²) < 4.78 is 33.6. The maximum absolute atomic E-state index is 13.2. The summed E-state index contributed by atoms with van der Waals surface area (Å²) in [6, 6.07) is 17.6. The number of ether oxygens (including phenoxy) is 1. The second-order valence-corrected chi connectivity index (χ2v) is 10.4. The van der Waals surface area contributed by atoms with Crippen molar-refractivity contribution in [3.63, 3.8) is 0 Å². The Hall–Kier alpha value is -3.89. The van der Waals surface area contributed by atoms with Crippen molar-refractivity contribution < 1.29 is 27.5 Å². The van der Waals surface area contributed by atoms with E-state index in [1.165, 1.54) is 35.2 Å². The SMILES string of the molecule is Cc1ccc(S(=O)(=O)Nc2ccccc2Cl)cc1N1C(=O)OC(C(=O)N2CCc3ccccc32)C1=O. The van der Waals surface area contributed by atoms with E-state index in [1.807, 2.05) is 12.1 Å². The molecule has 1 atom stereocenters. The number of anilines is 3. The summed E-state index contributed by atoms with van der Waals surface area (Å²) >= 11 is 6.07. The summed E-state index contributed by atoms with van der Waals surface area (Å²) in [7, 11) is -4.12. The van der Waals surface area contributed by atoms with E-state index in [0.29, 0.717) is 29.1 Å². The first-order valence-corrected chi connectivity index (χ1v) is 12.9. The van der Waals surface area contributed by atoms with Crippen LogP contribution >= 0.6 is 11.6 Å². The number of hydrogen-bond donors (Lipinski definition) is 1. The van der Waals surface area contributed by atoms with Gasteiger partial charge >= 0.3 is 6.09 Å². The predicted octanol–water partition coefficient (Wildman–Crippen LogP) is 3.89. The third kappa shape index (κ3) is 4.08. The number of rotatable bonds is 5. The highest BCUT2D eigenvalue weighted by Gasteiger charge is 2.49. The number of amides is 3. The number of carbonyl (C=O) groups is 3. The topological polar surface area (TPSA) is 113 Å². The average molecular weight is 526 g/mol. The van der Waals surface area contributed by atoms with Crippen molar-refractivity contribution in [2.24, 2.45) is 0 Å². The van der Waals surface area contributed by atoms with Crippen LogP contribution in [0.2, 0.25) is 5.02 Å². The van der Waals surface area contributed by atoms with Gasteiger partial charge in [0.15, 0.2) is 0 Å². The van der Waals surface area contributed by atoms with E-state index in [1.54, 1.807) is 31.2 Å². The van der Waals surface area contributed by atoms with Gasteiger partial charge in [-0.25, -0.2) is 18.1 Å². The summed E-state index contributed by atoms with van der Waals surface area (Å²) in [5.41, 5.74) is 2.24. The van der Waals surface area contributed by atoms with Gasteiger partial charge in [-0.1, -0.05) is 48.0 Å². The summed E-state index contributed by atoms with van der Waals surface area (Å²) in [6.07, 6.45) is -2.09. The highest BCUT2D eigenvalue weighted by Crippen LogP contribution is 2.33. The number of imide groups is 1.